The van der Waals surface area contributed by atoms with E-state index in [2.05, 4.69) is 17.2 Å². The number of nitrogens with one attached hydrogen (secondary N) is 2. The maximum Gasteiger partial charge on any atom is 0.171 e. The minimum atomic E-state index is 0.467. The number of hydrogen-bond acceptors (Lipinski definition) is 3. The van der Waals surface area contributed by atoms with Gasteiger partial charge in [-0.05, 0) is 18.3 Å². The molecule has 6 heteroatoms. The first-order chi connectivity index (χ1) is 8.62. The Bertz CT molecular complexity index is 452. The summed E-state index contributed by atoms with van der Waals surface area (Å²) in [6.45, 7) is 4.18. The zero-order valence-corrected chi connectivity index (χ0v) is 11.8. The van der Waals surface area contributed by atoms with Gasteiger partial charge in [0.05, 0.1) is 24.9 Å². The fourth-order valence-electron chi connectivity index (χ4n) is 1.29. The van der Waals surface area contributed by atoms with Crippen LogP contribution in [0.1, 0.15) is 0 Å². The highest BCUT2D eigenvalue weighted by Crippen LogP contribution is 2.35. The monoisotopic (exact) mass is 286 g/mol. The molecule has 0 radical (unpaired) electrons. The number of thiocarbonyl (C=S) groups is 1. The highest BCUT2D eigenvalue weighted by molar-refractivity contribution is 7.80. The minimum Gasteiger partial charge on any atom is -0.495 e. The van der Waals surface area contributed by atoms with Crippen molar-refractivity contribution in [1.29, 1.82) is 0 Å². The maximum absolute atomic E-state index is 6.05. The molecule has 0 unspecified atom stereocenters. The van der Waals surface area contributed by atoms with Crippen LogP contribution < -0.4 is 20.1 Å². The molecule has 0 bridgehead atoms. The minimum absolute atomic E-state index is 0.467. The molecule has 0 fully saturated rings. The summed E-state index contributed by atoms with van der Waals surface area (Å²) < 4.78 is 10.4. The van der Waals surface area contributed by atoms with Gasteiger partial charge in [-0.15, -0.1) is 6.58 Å². The van der Waals surface area contributed by atoms with E-state index in [9.17, 15) is 0 Å². The maximum atomic E-state index is 6.05. The second-order valence-corrected chi connectivity index (χ2v) is 4.13. The molecule has 0 amide bonds. The SMILES string of the molecule is C=CCNC(=S)Nc1cc(Cl)c(OC)cc1OC. The fraction of sp³-hybridized carbons (Fsp3) is 0.250. The van der Waals surface area contributed by atoms with Gasteiger partial charge in [0.2, 0.25) is 0 Å². The van der Waals surface area contributed by atoms with Crippen LogP contribution in [0, 0.1) is 0 Å². The first kappa shape index (κ1) is 14.6. The number of anilines is 1. The van der Waals surface area contributed by atoms with E-state index < -0.39 is 0 Å². The Morgan fingerprint density at radius 1 is 1.39 bits per heavy atom. The number of ether oxygens (including phenoxy) is 2. The van der Waals surface area contributed by atoms with Gasteiger partial charge in [0.15, 0.2) is 5.11 Å². The molecule has 2 N–H and O–H groups in total. The van der Waals surface area contributed by atoms with Crippen LogP contribution in [-0.2, 0) is 0 Å². The van der Waals surface area contributed by atoms with Gasteiger partial charge in [-0.25, -0.2) is 0 Å². The number of methoxy groups -OCH3 is 2. The summed E-state index contributed by atoms with van der Waals surface area (Å²) in [5, 5.41) is 6.89. The van der Waals surface area contributed by atoms with Crippen molar-refractivity contribution in [2.75, 3.05) is 26.1 Å². The van der Waals surface area contributed by atoms with Crippen molar-refractivity contribution in [3.05, 3.63) is 29.8 Å². The van der Waals surface area contributed by atoms with Crippen molar-refractivity contribution in [3.8, 4) is 11.5 Å². The predicted molar refractivity (Wildman–Crippen MR) is 79.0 cm³/mol. The molecular formula is C12H15ClN2O2S. The van der Waals surface area contributed by atoms with Gasteiger partial charge in [0, 0.05) is 12.6 Å². The van der Waals surface area contributed by atoms with Crippen molar-refractivity contribution < 1.29 is 9.47 Å². The van der Waals surface area contributed by atoms with Crippen molar-refractivity contribution in [3.63, 3.8) is 0 Å². The third kappa shape index (κ3) is 3.78. The molecule has 0 saturated carbocycles. The van der Waals surface area contributed by atoms with Gasteiger partial charge in [0.1, 0.15) is 11.5 Å². The zero-order chi connectivity index (χ0) is 13.5. The smallest absolute Gasteiger partial charge is 0.171 e. The van der Waals surface area contributed by atoms with Crippen LogP contribution in [0.3, 0.4) is 0 Å². The Morgan fingerprint density at radius 3 is 2.61 bits per heavy atom. The van der Waals surface area contributed by atoms with Crippen LogP contribution in [0.5, 0.6) is 11.5 Å². The Hall–Kier alpha value is -1.46. The summed E-state index contributed by atoms with van der Waals surface area (Å²) in [5.74, 6) is 1.14. The van der Waals surface area contributed by atoms with Gasteiger partial charge in [-0.2, -0.15) is 0 Å². The van der Waals surface area contributed by atoms with E-state index >= 15 is 0 Å². The molecule has 0 spiro atoms. The molecular weight excluding hydrogens is 272 g/mol. The third-order valence-corrected chi connectivity index (χ3v) is 2.67. The van der Waals surface area contributed by atoms with Crippen molar-refractivity contribution in [1.82, 2.24) is 5.32 Å². The van der Waals surface area contributed by atoms with Crippen LogP contribution in [0.4, 0.5) is 5.69 Å². The standard InChI is InChI=1S/C12H15ClN2O2S/c1-4-5-14-12(18)15-9-6-8(13)10(16-2)7-11(9)17-3/h4,6-7H,1,5H2,2-3H3,(H2,14,15,18). The third-order valence-electron chi connectivity index (χ3n) is 2.13. The Balaban J connectivity index is 2.90. The molecule has 0 saturated heterocycles. The lowest BCUT2D eigenvalue weighted by molar-refractivity contribution is 0.396. The predicted octanol–water partition coefficient (Wildman–Crippen LogP) is 2.83. The average molecular weight is 287 g/mol. The summed E-state index contributed by atoms with van der Waals surface area (Å²) in [6, 6.07) is 3.39. The summed E-state index contributed by atoms with van der Waals surface area (Å²) in [6.07, 6.45) is 1.71. The zero-order valence-electron chi connectivity index (χ0n) is 10.2. The van der Waals surface area contributed by atoms with Crippen LogP contribution in [0.15, 0.2) is 24.8 Å². The largest absolute Gasteiger partial charge is 0.495 e. The molecule has 1 aromatic rings. The van der Waals surface area contributed by atoms with E-state index in [4.69, 9.17) is 33.3 Å². The first-order valence-corrected chi connectivity index (χ1v) is 5.98. The lowest BCUT2D eigenvalue weighted by Crippen LogP contribution is -2.28. The second kappa shape index (κ2) is 7.08. The highest BCUT2D eigenvalue weighted by Gasteiger charge is 2.10. The molecule has 0 aliphatic heterocycles. The Labute approximate surface area is 117 Å². The van der Waals surface area contributed by atoms with E-state index in [0.29, 0.717) is 33.9 Å². The van der Waals surface area contributed by atoms with Crippen LogP contribution >= 0.6 is 23.8 Å². The topological polar surface area (TPSA) is 42.5 Å². The average Bonchev–Trinajstić information content (AvgIpc) is 2.36. The summed E-state index contributed by atoms with van der Waals surface area (Å²) in [7, 11) is 3.11. The fourth-order valence-corrected chi connectivity index (χ4v) is 1.72. The molecule has 0 heterocycles. The number of hydrogen-bond donors (Lipinski definition) is 2. The number of rotatable bonds is 5. The molecule has 98 valence electrons. The molecule has 0 aromatic heterocycles. The van der Waals surface area contributed by atoms with Gasteiger partial charge in [-0.1, -0.05) is 17.7 Å². The lowest BCUT2D eigenvalue weighted by Gasteiger charge is -2.14. The summed E-state index contributed by atoms with van der Waals surface area (Å²) in [5.41, 5.74) is 0.671. The highest BCUT2D eigenvalue weighted by atomic mass is 35.5. The van der Waals surface area contributed by atoms with E-state index in [1.165, 1.54) is 0 Å². The van der Waals surface area contributed by atoms with Gasteiger partial charge in [-0.3, -0.25) is 0 Å². The molecule has 0 atom stereocenters. The molecule has 0 aliphatic carbocycles. The lowest BCUT2D eigenvalue weighted by atomic mass is 10.2. The quantitative estimate of drug-likeness (QED) is 0.644. The normalized spacial score (nSPS) is 9.50. The Morgan fingerprint density at radius 2 is 2.06 bits per heavy atom. The van der Waals surface area contributed by atoms with Gasteiger partial charge in [0.25, 0.3) is 0 Å². The van der Waals surface area contributed by atoms with Gasteiger partial charge < -0.3 is 20.1 Å². The molecule has 0 aliphatic rings. The molecule has 18 heavy (non-hydrogen) atoms. The summed E-state index contributed by atoms with van der Waals surface area (Å²) in [4.78, 5) is 0. The van der Waals surface area contributed by atoms with Crippen LogP contribution in [0.2, 0.25) is 5.02 Å². The molecule has 1 rings (SSSR count). The summed E-state index contributed by atoms with van der Waals surface area (Å²) >= 11 is 11.2. The Kier molecular flexibility index (Phi) is 5.74. The number of halogens is 1. The molecule has 1 aromatic carbocycles. The van der Waals surface area contributed by atoms with Gasteiger partial charge >= 0.3 is 0 Å². The molecule has 4 nitrogen and oxygen atoms in total. The van der Waals surface area contributed by atoms with Crippen LogP contribution in [0.25, 0.3) is 0 Å². The number of benzene rings is 1. The van der Waals surface area contributed by atoms with Crippen molar-refractivity contribution in [2.24, 2.45) is 0 Å². The van der Waals surface area contributed by atoms with Crippen LogP contribution in [-0.4, -0.2) is 25.9 Å². The van der Waals surface area contributed by atoms with E-state index in [1.807, 2.05) is 0 Å². The first-order valence-electron chi connectivity index (χ1n) is 5.19. The van der Waals surface area contributed by atoms with Crippen molar-refractivity contribution >= 4 is 34.6 Å². The van der Waals surface area contributed by atoms with E-state index in [0.717, 1.165) is 0 Å². The van der Waals surface area contributed by atoms with E-state index in [-0.39, 0.29) is 0 Å². The second-order valence-electron chi connectivity index (χ2n) is 3.31. The van der Waals surface area contributed by atoms with E-state index in [1.54, 1.807) is 32.4 Å². The van der Waals surface area contributed by atoms with Crippen molar-refractivity contribution in [2.45, 2.75) is 0 Å².